The van der Waals surface area contributed by atoms with Crippen LogP contribution in [0.5, 0.6) is 0 Å². The minimum Gasteiger partial charge on any atom is -0.336 e. The minimum atomic E-state index is -0.745. The van der Waals surface area contributed by atoms with Gasteiger partial charge in [-0.15, -0.1) is 34.9 Å². The number of hydrogen-bond donors (Lipinski definition) is 0. The van der Waals surface area contributed by atoms with Gasteiger partial charge in [0.2, 0.25) is 0 Å². The van der Waals surface area contributed by atoms with Crippen LogP contribution in [0.2, 0.25) is 0 Å². The van der Waals surface area contributed by atoms with Crippen molar-refractivity contribution >= 4 is 27.3 Å². The van der Waals surface area contributed by atoms with E-state index in [9.17, 15) is 0 Å². The third-order valence-electron chi connectivity index (χ3n) is 11.8. The molecule has 7 heteroatoms. The Labute approximate surface area is 306 Å². The van der Waals surface area contributed by atoms with Crippen LogP contribution < -0.4 is 0 Å². The van der Waals surface area contributed by atoms with E-state index in [1.165, 1.54) is 22.2 Å². The average molecular weight is 830 g/mol. The fourth-order valence-electron chi connectivity index (χ4n) is 8.25. The van der Waals surface area contributed by atoms with Gasteiger partial charge in [0.05, 0.1) is 16.9 Å². The van der Waals surface area contributed by atoms with Gasteiger partial charge in [-0.25, -0.2) is 0 Å². The summed E-state index contributed by atoms with van der Waals surface area (Å²) in [6, 6.07) is 42.5. The molecule has 2 atom stereocenters. The van der Waals surface area contributed by atoms with Crippen molar-refractivity contribution in [3.8, 4) is 0 Å². The molecule has 1 aliphatic heterocycles. The predicted octanol–water partition coefficient (Wildman–Crippen LogP) is 8.62. The molecule has 0 radical (unpaired) electrons. The monoisotopic (exact) mass is 830 g/mol. The Morgan fingerprint density at radius 1 is 0.640 bits per heavy atom. The molecule has 1 unspecified atom stereocenters. The molecule has 50 heavy (non-hydrogen) atoms. The summed E-state index contributed by atoms with van der Waals surface area (Å²) in [5.41, 5.74) is 6.60. The second-order valence-corrected chi connectivity index (χ2v) is 14.7. The quantitative estimate of drug-likeness (QED) is 0.125. The summed E-state index contributed by atoms with van der Waals surface area (Å²) >= 11 is 0. The SMILES string of the molecule is CC(c1[c-]cccc1)(c1[c-]c2c(cc1)c1cccc3c1n1c(c([C@](C)(c4[c-]cccc4)n4cccn4)nc21)C(C)(C)C3(C)C)n1cccn1.[Ir+3]. The molecule has 0 aliphatic carbocycles. The normalized spacial score (nSPS) is 17.1. The summed E-state index contributed by atoms with van der Waals surface area (Å²) in [7, 11) is 0. The van der Waals surface area contributed by atoms with Gasteiger partial charge in [-0.2, -0.15) is 70.9 Å². The van der Waals surface area contributed by atoms with Crippen LogP contribution in [0.3, 0.4) is 0 Å². The Kier molecular flexibility index (Phi) is 7.17. The number of rotatable bonds is 6. The number of aromatic nitrogens is 6. The minimum absolute atomic E-state index is 0. The van der Waals surface area contributed by atoms with E-state index in [4.69, 9.17) is 15.2 Å². The van der Waals surface area contributed by atoms with Crippen molar-refractivity contribution in [1.82, 2.24) is 28.9 Å². The number of nitrogens with zero attached hydrogens (tertiary/aromatic N) is 6. The van der Waals surface area contributed by atoms with E-state index in [2.05, 4.69) is 119 Å². The van der Waals surface area contributed by atoms with E-state index in [1.54, 1.807) is 0 Å². The smallest absolute Gasteiger partial charge is 0.336 e. The Bertz CT molecular complexity index is 2510. The molecule has 0 fully saturated rings. The van der Waals surface area contributed by atoms with Crippen LogP contribution in [0.1, 0.15) is 75.2 Å². The number of pyridine rings is 1. The van der Waals surface area contributed by atoms with Crippen LogP contribution >= 0.6 is 0 Å². The first kappa shape index (κ1) is 32.4. The molecule has 0 saturated heterocycles. The Balaban J connectivity index is 0.00000361. The van der Waals surface area contributed by atoms with Gasteiger partial charge >= 0.3 is 20.1 Å². The first-order chi connectivity index (χ1) is 23.6. The van der Waals surface area contributed by atoms with Crippen LogP contribution in [0, 0.1) is 18.2 Å². The van der Waals surface area contributed by atoms with Crippen molar-refractivity contribution in [3.05, 3.63) is 168 Å². The number of hydrogen-bond acceptors (Lipinski definition) is 3. The molecule has 5 heterocycles. The van der Waals surface area contributed by atoms with E-state index in [0.29, 0.717) is 0 Å². The van der Waals surface area contributed by atoms with E-state index < -0.39 is 11.1 Å². The van der Waals surface area contributed by atoms with Crippen LogP contribution in [0.25, 0.3) is 27.3 Å². The summed E-state index contributed by atoms with van der Waals surface area (Å²) in [6.07, 6.45) is 7.73. The average Bonchev–Trinajstić information content (AvgIpc) is 3.93. The number of para-hydroxylation sites is 1. The first-order valence-corrected chi connectivity index (χ1v) is 16.9. The Morgan fingerprint density at radius 3 is 1.88 bits per heavy atom. The standard InChI is InChI=1S/C43H37N6.Ir/c1-40(2)35-21-13-20-33-32-23-22-31(42(5,47-26-14-24-44-47)29-16-9-7-10-17-29)28-34(32)39-46-37(38(41(40,3)4)49(39)36(33)35)43(6,48-27-15-25-45-48)30-18-11-8-12-19-30;/h7-16,18,20-27H,1-6H3;/q-3;+3/t42?,43-;/m0./s1. The van der Waals surface area contributed by atoms with Gasteiger partial charge in [0.1, 0.15) is 5.54 Å². The van der Waals surface area contributed by atoms with Crippen LogP contribution in [0.15, 0.2) is 116 Å². The van der Waals surface area contributed by atoms with E-state index in [-0.39, 0.29) is 30.9 Å². The summed E-state index contributed by atoms with van der Waals surface area (Å²) < 4.78 is 6.48. The molecule has 4 aromatic heterocycles. The molecule has 0 bridgehead atoms. The summed E-state index contributed by atoms with van der Waals surface area (Å²) in [6.45, 7) is 13.9. The van der Waals surface area contributed by atoms with Gasteiger partial charge < -0.3 is 4.40 Å². The van der Waals surface area contributed by atoms with E-state index in [1.807, 2.05) is 70.5 Å². The van der Waals surface area contributed by atoms with Gasteiger partial charge in [-0.05, 0) is 36.9 Å². The van der Waals surface area contributed by atoms with Crippen LogP contribution in [0.4, 0.5) is 0 Å². The molecular formula is C43H37IrN6. The van der Waals surface area contributed by atoms with Crippen molar-refractivity contribution in [2.45, 2.75) is 63.5 Å². The van der Waals surface area contributed by atoms with Gasteiger partial charge in [0.15, 0.2) is 0 Å². The second kappa shape index (κ2) is 11.1. The third kappa shape index (κ3) is 4.08. The molecule has 6 nitrogen and oxygen atoms in total. The maximum Gasteiger partial charge on any atom is 3.00 e. The van der Waals surface area contributed by atoms with E-state index >= 15 is 0 Å². The van der Waals surface area contributed by atoms with Gasteiger partial charge in [-0.1, -0.05) is 56.7 Å². The molecule has 4 aromatic carbocycles. The van der Waals surface area contributed by atoms with Crippen molar-refractivity contribution in [2.24, 2.45) is 0 Å². The fraction of sp³-hybridized carbons (Fsp3) is 0.233. The zero-order chi connectivity index (χ0) is 33.8. The maximum atomic E-state index is 5.74. The topological polar surface area (TPSA) is 52.9 Å². The largest absolute Gasteiger partial charge is 3.00 e. The van der Waals surface area contributed by atoms with Crippen molar-refractivity contribution in [3.63, 3.8) is 0 Å². The number of imidazole rings is 1. The molecule has 0 amide bonds. The first-order valence-electron chi connectivity index (χ1n) is 16.9. The predicted molar refractivity (Wildman–Crippen MR) is 194 cm³/mol. The van der Waals surface area contributed by atoms with Crippen molar-refractivity contribution in [2.75, 3.05) is 0 Å². The molecule has 9 rings (SSSR count). The third-order valence-corrected chi connectivity index (χ3v) is 11.8. The van der Waals surface area contributed by atoms with Crippen LogP contribution in [-0.4, -0.2) is 28.9 Å². The van der Waals surface area contributed by atoms with Gasteiger partial charge in [-0.3, -0.25) is 14.3 Å². The fourth-order valence-corrected chi connectivity index (χ4v) is 8.25. The molecular weight excluding hydrogens is 793 g/mol. The summed E-state index contributed by atoms with van der Waals surface area (Å²) in [5, 5.41) is 12.9. The van der Waals surface area contributed by atoms with Gasteiger partial charge in [0.25, 0.3) is 0 Å². The molecule has 0 N–H and O–H groups in total. The van der Waals surface area contributed by atoms with Crippen molar-refractivity contribution < 1.29 is 20.1 Å². The molecule has 0 saturated carbocycles. The molecule has 0 spiro atoms. The van der Waals surface area contributed by atoms with Crippen LogP contribution in [-0.2, 0) is 42.0 Å². The number of benzene rings is 4. The number of fused-ring (bicyclic) bond motifs is 3. The van der Waals surface area contributed by atoms with Gasteiger partial charge in [0, 0.05) is 46.8 Å². The summed E-state index contributed by atoms with van der Waals surface area (Å²) in [5.74, 6) is 0. The zero-order valence-corrected chi connectivity index (χ0v) is 31.4. The second-order valence-electron chi connectivity index (χ2n) is 14.7. The Hall–Kier alpha value is -4.84. The summed E-state index contributed by atoms with van der Waals surface area (Å²) in [4.78, 5) is 5.74. The Morgan fingerprint density at radius 2 is 1.28 bits per heavy atom. The van der Waals surface area contributed by atoms with Crippen molar-refractivity contribution in [1.29, 1.82) is 0 Å². The molecule has 8 aromatic rings. The molecule has 248 valence electrons. The molecule has 1 aliphatic rings. The van der Waals surface area contributed by atoms with E-state index in [0.717, 1.165) is 38.8 Å². The zero-order valence-electron chi connectivity index (χ0n) is 29.0. The maximum absolute atomic E-state index is 5.74.